The summed E-state index contributed by atoms with van der Waals surface area (Å²) < 4.78 is 14.5. The molecule has 0 spiro atoms. The van der Waals surface area contributed by atoms with E-state index in [0.717, 1.165) is 19.3 Å². The predicted octanol–water partition coefficient (Wildman–Crippen LogP) is 4.66. The summed E-state index contributed by atoms with van der Waals surface area (Å²) >= 11 is 2.31. The number of hydrogen-bond acceptors (Lipinski definition) is 4. The Morgan fingerprint density at radius 2 is 1.29 bits per heavy atom. The van der Waals surface area contributed by atoms with Gasteiger partial charge in [0.2, 0.25) is 0 Å². The Morgan fingerprint density at radius 3 is 1.75 bits per heavy atom. The van der Waals surface area contributed by atoms with Crippen LogP contribution >= 0.6 is 23.2 Å². The Balaban J connectivity index is 1.97. The van der Waals surface area contributed by atoms with Crippen LogP contribution in [0.5, 0.6) is 0 Å². The van der Waals surface area contributed by atoms with Crippen LogP contribution in [0.15, 0.2) is 60.7 Å². The Labute approximate surface area is 159 Å². The van der Waals surface area contributed by atoms with Crippen LogP contribution in [0, 0.1) is 0 Å². The first-order valence-electron chi connectivity index (χ1n) is 8.02. The number of halogens is 1. The zero-order valence-electron chi connectivity index (χ0n) is 13.3. The first-order valence-corrected chi connectivity index (χ1v) is 22.0. The van der Waals surface area contributed by atoms with Gasteiger partial charge in [0.25, 0.3) is 0 Å². The van der Waals surface area contributed by atoms with Crippen molar-refractivity contribution in [2.75, 3.05) is 13.2 Å². The second-order valence-electron chi connectivity index (χ2n) is 5.59. The van der Waals surface area contributed by atoms with E-state index < -0.39 is 21.6 Å². The SMILES string of the molecule is S=P1([S][Sn]([Cl])([c]2ccccc2)[c]2ccccc2)OCCCCCO1. The van der Waals surface area contributed by atoms with Crippen molar-refractivity contribution in [3.63, 3.8) is 0 Å². The van der Waals surface area contributed by atoms with E-state index in [-0.39, 0.29) is 0 Å². The van der Waals surface area contributed by atoms with Gasteiger partial charge in [-0.3, -0.25) is 0 Å². The van der Waals surface area contributed by atoms with Gasteiger partial charge in [0.1, 0.15) is 0 Å². The number of benzene rings is 2. The molecule has 1 aliphatic heterocycles. The number of rotatable bonds is 4. The maximum atomic E-state index is 7.38. The molecule has 0 saturated carbocycles. The average Bonchev–Trinajstić information content (AvgIpc) is 2.60. The van der Waals surface area contributed by atoms with E-state index in [2.05, 4.69) is 24.3 Å². The first kappa shape index (κ1) is 19.2. The Bertz CT molecular complexity index is 651. The zero-order valence-corrected chi connectivity index (χ0v) is 19.4. The average molecular weight is 506 g/mol. The molecule has 2 aromatic carbocycles. The topological polar surface area (TPSA) is 18.5 Å². The van der Waals surface area contributed by atoms with Gasteiger partial charge < -0.3 is 0 Å². The van der Waals surface area contributed by atoms with E-state index in [0.29, 0.717) is 13.2 Å². The molecule has 3 rings (SSSR count). The van der Waals surface area contributed by atoms with Crippen LogP contribution in [0.1, 0.15) is 19.3 Å². The van der Waals surface area contributed by atoms with Crippen LogP contribution in [0.3, 0.4) is 0 Å². The van der Waals surface area contributed by atoms with Crippen LogP contribution in [0.25, 0.3) is 0 Å². The minimum absolute atomic E-state index is 0.673. The Kier molecular flexibility index (Phi) is 7.12. The third-order valence-corrected chi connectivity index (χ3v) is 41.1. The van der Waals surface area contributed by atoms with Gasteiger partial charge in [0.15, 0.2) is 0 Å². The molecule has 1 heterocycles. The van der Waals surface area contributed by atoms with Crippen molar-refractivity contribution in [2.45, 2.75) is 19.3 Å². The summed E-state index contributed by atoms with van der Waals surface area (Å²) in [5, 5.41) is 0. The summed E-state index contributed by atoms with van der Waals surface area (Å²) in [6.45, 7) is 1.35. The van der Waals surface area contributed by atoms with Gasteiger partial charge in [-0.2, -0.15) is 0 Å². The summed E-state index contributed by atoms with van der Waals surface area (Å²) in [7, 11) is 9.04. The molecule has 1 aliphatic rings. The van der Waals surface area contributed by atoms with E-state index in [1.165, 1.54) is 7.16 Å². The predicted molar refractivity (Wildman–Crippen MR) is 111 cm³/mol. The Morgan fingerprint density at radius 1 is 0.833 bits per heavy atom. The quantitative estimate of drug-likeness (QED) is 0.445. The molecule has 0 bridgehead atoms. The molecule has 2 nitrogen and oxygen atoms in total. The van der Waals surface area contributed by atoms with Crippen molar-refractivity contribution in [3.8, 4) is 0 Å². The summed E-state index contributed by atoms with van der Waals surface area (Å²) in [5.41, 5.74) is -2.43. The van der Waals surface area contributed by atoms with Crippen LogP contribution in [-0.2, 0) is 20.9 Å². The van der Waals surface area contributed by atoms with Gasteiger partial charge >= 0.3 is 160 Å². The molecule has 0 radical (unpaired) electrons. The van der Waals surface area contributed by atoms with Crippen molar-refractivity contribution in [3.05, 3.63) is 60.7 Å². The summed E-state index contributed by atoms with van der Waals surface area (Å²) in [4.78, 5) is 0. The van der Waals surface area contributed by atoms with Gasteiger partial charge in [0.05, 0.1) is 0 Å². The van der Waals surface area contributed by atoms with Crippen molar-refractivity contribution in [2.24, 2.45) is 0 Å². The molecule has 0 atom stereocenters. The van der Waals surface area contributed by atoms with Crippen molar-refractivity contribution in [1.82, 2.24) is 0 Å². The third-order valence-electron chi connectivity index (χ3n) is 3.82. The van der Waals surface area contributed by atoms with Gasteiger partial charge in [-0.1, -0.05) is 0 Å². The molecule has 7 heteroatoms. The van der Waals surface area contributed by atoms with Gasteiger partial charge in [-0.15, -0.1) is 0 Å². The molecule has 1 saturated heterocycles. The van der Waals surface area contributed by atoms with Crippen molar-refractivity contribution >= 4 is 58.0 Å². The first-order chi connectivity index (χ1) is 11.6. The molecule has 0 aromatic heterocycles. The van der Waals surface area contributed by atoms with E-state index in [1.54, 1.807) is 8.57 Å². The molecule has 24 heavy (non-hydrogen) atoms. The fourth-order valence-electron chi connectivity index (χ4n) is 2.55. The van der Waals surface area contributed by atoms with Crippen molar-refractivity contribution < 1.29 is 9.05 Å². The molecule has 1 fully saturated rings. The second-order valence-corrected chi connectivity index (χ2v) is 32.1. The number of hydrogen-bond donors (Lipinski definition) is 0. The molecular formula is C17H20ClO2PS2Sn. The zero-order chi connectivity index (χ0) is 16.9. The van der Waals surface area contributed by atoms with E-state index >= 15 is 0 Å². The van der Waals surface area contributed by atoms with Gasteiger partial charge in [-0.25, -0.2) is 0 Å². The van der Waals surface area contributed by atoms with E-state index in [1.807, 2.05) is 36.4 Å². The molecule has 0 N–H and O–H groups in total. The monoisotopic (exact) mass is 506 g/mol. The molecule has 0 amide bonds. The third kappa shape index (κ3) is 4.79. The van der Waals surface area contributed by atoms with E-state index in [4.69, 9.17) is 29.8 Å². The molecule has 0 aliphatic carbocycles. The summed E-state index contributed by atoms with van der Waals surface area (Å²) in [6.07, 6.45) is 3.22. The standard InChI is InChI=1S/2C6H5.C5H11O2PS2.ClH.Sn/c2*1-2-4-6-5-3-1;9-8(10)6-4-2-1-3-5-7-8;;/h2*1-5H;1-5H2,(H,9,10);1H;/q;;;;+2/p-2. The maximum absolute atomic E-state index is 7.38. The molecule has 0 unspecified atom stereocenters. The normalized spacial score (nSPS) is 18.5. The van der Waals surface area contributed by atoms with Crippen LogP contribution < -0.4 is 7.16 Å². The Hall–Kier alpha value is 0.449. The van der Waals surface area contributed by atoms with Crippen LogP contribution in [0.2, 0.25) is 0 Å². The molecule has 128 valence electrons. The summed E-state index contributed by atoms with van der Waals surface area (Å²) in [6, 6.07) is 20.7. The van der Waals surface area contributed by atoms with Gasteiger partial charge in [0, 0.05) is 0 Å². The fraction of sp³-hybridized carbons (Fsp3) is 0.294. The molecule has 2 aromatic rings. The van der Waals surface area contributed by atoms with Crippen LogP contribution in [-0.4, -0.2) is 29.1 Å². The fourth-order valence-corrected chi connectivity index (χ4v) is 45.5. The second kappa shape index (κ2) is 8.89. The molecular weight excluding hydrogens is 485 g/mol. The van der Waals surface area contributed by atoms with Crippen LogP contribution in [0.4, 0.5) is 0 Å². The minimum atomic E-state index is -3.53. The van der Waals surface area contributed by atoms with Crippen molar-refractivity contribution in [1.29, 1.82) is 0 Å². The van der Waals surface area contributed by atoms with E-state index in [9.17, 15) is 0 Å². The van der Waals surface area contributed by atoms with Gasteiger partial charge in [-0.05, 0) is 0 Å². The summed E-state index contributed by atoms with van der Waals surface area (Å²) in [5.74, 6) is 0.